The van der Waals surface area contributed by atoms with Gasteiger partial charge < -0.3 is 13.6 Å². The number of aromatic nitrogens is 2. The molecule has 0 bridgehead atoms. The van der Waals surface area contributed by atoms with Gasteiger partial charge in [0.15, 0.2) is 5.58 Å². The van der Waals surface area contributed by atoms with Gasteiger partial charge in [0.25, 0.3) is 0 Å². The van der Waals surface area contributed by atoms with Gasteiger partial charge in [0.2, 0.25) is 0 Å². The topological polar surface area (TPSA) is 70.6 Å². The Morgan fingerprint density at radius 3 is 1.58 bits per heavy atom. The predicted octanol–water partition coefficient (Wildman–Crippen LogP) is 9.52. The number of nitriles is 2. The zero-order valence-electron chi connectivity index (χ0n) is 22.7. The molecule has 9 aromatic rings. The monoisotopic (exact) mass is 548 g/mol. The van der Waals surface area contributed by atoms with Gasteiger partial charge in [-0.15, -0.1) is 0 Å². The van der Waals surface area contributed by atoms with E-state index >= 15 is 0 Å². The molecular formula is C38H20N4O. The maximum atomic E-state index is 10.5. The van der Waals surface area contributed by atoms with Crippen LogP contribution < -0.4 is 0 Å². The van der Waals surface area contributed by atoms with Crippen molar-refractivity contribution in [1.29, 1.82) is 10.5 Å². The summed E-state index contributed by atoms with van der Waals surface area (Å²) < 4.78 is 10.8. The first-order valence-electron chi connectivity index (χ1n) is 14.1. The van der Waals surface area contributed by atoms with E-state index in [1.54, 1.807) is 6.07 Å². The lowest BCUT2D eigenvalue weighted by molar-refractivity contribution is 0.671. The molecule has 0 saturated heterocycles. The van der Waals surface area contributed by atoms with E-state index in [0.717, 1.165) is 71.2 Å². The molecule has 0 aliphatic carbocycles. The second-order valence-electron chi connectivity index (χ2n) is 10.8. The van der Waals surface area contributed by atoms with Crippen LogP contribution in [0.5, 0.6) is 0 Å². The van der Waals surface area contributed by atoms with Crippen LogP contribution in [0.2, 0.25) is 0 Å². The van der Waals surface area contributed by atoms with Gasteiger partial charge in [0.1, 0.15) is 17.7 Å². The number of para-hydroxylation sites is 4. The van der Waals surface area contributed by atoms with E-state index in [9.17, 15) is 10.5 Å². The summed E-state index contributed by atoms with van der Waals surface area (Å²) in [4.78, 5) is 0. The van der Waals surface area contributed by atoms with Crippen molar-refractivity contribution in [2.45, 2.75) is 0 Å². The molecule has 3 heterocycles. The lowest BCUT2D eigenvalue weighted by Gasteiger charge is -2.16. The summed E-state index contributed by atoms with van der Waals surface area (Å²) in [7, 11) is 0. The number of nitrogens with zero attached hydrogens (tertiary/aromatic N) is 4. The quantitative estimate of drug-likeness (QED) is 0.216. The average molecular weight is 549 g/mol. The van der Waals surface area contributed by atoms with E-state index in [1.165, 1.54) is 0 Å². The van der Waals surface area contributed by atoms with Crippen LogP contribution in [0.1, 0.15) is 11.1 Å². The summed E-state index contributed by atoms with van der Waals surface area (Å²) in [5.41, 5.74) is 7.68. The van der Waals surface area contributed by atoms with Crippen LogP contribution in [0, 0.1) is 22.7 Å². The smallest absolute Gasteiger partial charge is 0.160 e. The van der Waals surface area contributed by atoms with E-state index in [-0.39, 0.29) is 0 Å². The van der Waals surface area contributed by atoms with Crippen molar-refractivity contribution in [2.24, 2.45) is 0 Å². The molecule has 9 rings (SSSR count). The molecule has 0 aliphatic heterocycles. The predicted molar refractivity (Wildman–Crippen MR) is 172 cm³/mol. The standard InChI is InChI=1S/C38H20N4O/c39-21-23-19-24(22-40)35(20-34(23)41-31-13-5-1-9-25(31)26-10-2-6-14-32(26)41)42-33-15-7-3-11-27(33)29-17-18-30-28-12-4-8-16-36(28)43-38(30)37(29)42/h1-20H. The maximum absolute atomic E-state index is 10.5. The highest BCUT2D eigenvalue weighted by Crippen LogP contribution is 2.42. The van der Waals surface area contributed by atoms with Gasteiger partial charge in [-0.3, -0.25) is 0 Å². The van der Waals surface area contributed by atoms with Crippen molar-refractivity contribution in [3.8, 4) is 23.5 Å². The molecule has 0 unspecified atom stereocenters. The number of fused-ring (bicyclic) bond motifs is 10. The van der Waals surface area contributed by atoms with Crippen LogP contribution in [-0.4, -0.2) is 9.13 Å². The Morgan fingerprint density at radius 1 is 0.465 bits per heavy atom. The van der Waals surface area contributed by atoms with Crippen LogP contribution in [0.4, 0.5) is 0 Å². The average Bonchev–Trinajstić information content (AvgIpc) is 3.72. The Hall–Kier alpha value is -6.30. The highest BCUT2D eigenvalue weighted by molar-refractivity contribution is 6.21. The van der Waals surface area contributed by atoms with E-state index < -0.39 is 0 Å². The largest absolute Gasteiger partial charge is 0.454 e. The molecule has 0 aliphatic rings. The molecule has 0 amide bonds. The summed E-state index contributed by atoms with van der Waals surface area (Å²) in [5, 5.41) is 27.2. The number of benzene rings is 6. The minimum Gasteiger partial charge on any atom is -0.454 e. The molecule has 0 fully saturated rings. The summed E-state index contributed by atoms with van der Waals surface area (Å²) in [6.07, 6.45) is 0. The van der Waals surface area contributed by atoms with Gasteiger partial charge in [-0.25, -0.2) is 0 Å². The molecule has 43 heavy (non-hydrogen) atoms. The summed E-state index contributed by atoms with van der Waals surface area (Å²) in [6, 6.07) is 45.5. The van der Waals surface area contributed by atoms with Crippen LogP contribution in [0.15, 0.2) is 126 Å². The SMILES string of the molecule is N#Cc1cc(C#N)c(-n2c3ccccc3c3ccc4c5ccccc5oc4c32)cc1-n1c2ccccc2c2ccccc21. The number of furan rings is 1. The van der Waals surface area contributed by atoms with Crippen LogP contribution in [0.3, 0.4) is 0 Å². The molecule has 3 aromatic heterocycles. The minimum atomic E-state index is 0.414. The highest BCUT2D eigenvalue weighted by atomic mass is 16.3. The van der Waals surface area contributed by atoms with Crippen LogP contribution in [0.25, 0.3) is 76.9 Å². The molecule has 0 spiro atoms. The van der Waals surface area contributed by atoms with Gasteiger partial charge >= 0.3 is 0 Å². The Bertz CT molecular complexity index is 2650. The Morgan fingerprint density at radius 2 is 0.953 bits per heavy atom. The maximum Gasteiger partial charge on any atom is 0.160 e. The number of hydrogen-bond acceptors (Lipinski definition) is 3. The van der Waals surface area contributed by atoms with Crippen molar-refractivity contribution in [2.75, 3.05) is 0 Å². The summed E-state index contributed by atoms with van der Waals surface area (Å²) >= 11 is 0. The zero-order valence-corrected chi connectivity index (χ0v) is 22.7. The normalized spacial score (nSPS) is 11.7. The van der Waals surface area contributed by atoms with Gasteiger partial charge in [-0.2, -0.15) is 10.5 Å². The fraction of sp³-hybridized carbons (Fsp3) is 0. The summed E-state index contributed by atoms with van der Waals surface area (Å²) in [6.45, 7) is 0. The summed E-state index contributed by atoms with van der Waals surface area (Å²) in [5.74, 6) is 0. The Balaban J connectivity index is 1.47. The number of hydrogen-bond donors (Lipinski definition) is 0. The van der Waals surface area contributed by atoms with Crippen molar-refractivity contribution < 1.29 is 4.42 Å². The van der Waals surface area contributed by atoms with Crippen LogP contribution in [-0.2, 0) is 0 Å². The zero-order chi connectivity index (χ0) is 28.7. The first-order valence-corrected chi connectivity index (χ1v) is 14.1. The fourth-order valence-electron chi connectivity index (χ4n) is 6.79. The molecule has 0 saturated carbocycles. The van der Waals surface area contributed by atoms with Gasteiger partial charge in [0, 0.05) is 32.3 Å². The van der Waals surface area contributed by atoms with Crippen molar-refractivity contribution >= 4 is 65.6 Å². The highest BCUT2D eigenvalue weighted by Gasteiger charge is 2.23. The third-order valence-corrected chi connectivity index (χ3v) is 8.60. The second-order valence-corrected chi connectivity index (χ2v) is 10.8. The fourth-order valence-corrected chi connectivity index (χ4v) is 6.79. The van der Waals surface area contributed by atoms with Gasteiger partial charge in [0.05, 0.1) is 44.6 Å². The Labute approximate surface area is 245 Å². The van der Waals surface area contributed by atoms with Gasteiger partial charge in [-0.05, 0) is 42.5 Å². The molecule has 0 radical (unpaired) electrons. The van der Waals surface area contributed by atoms with E-state index in [2.05, 4.69) is 75.9 Å². The molecule has 5 nitrogen and oxygen atoms in total. The first-order chi connectivity index (χ1) is 21.3. The second kappa shape index (κ2) is 8.60. The number of rotatable bonds is 2. The van der Waals surface area contributed by atoms with Gasteiger partial charge in [-0.1, -0.05) is 78.9 Å². The molecule has 5 heteroatoms. The molecule has 198 valence electrons. The van der Waals surface area contributed by atoms with Crippen molar-refractivity contribution in [1.82, 2.24) is 9.13 Å². The van der Waals surface area contributed by atoms with E-state index in [0.29, 0.717) is 16.8 Å². The first kappa shape index (κ1) is 23.4. The molecule has 0 atom stereocenters. The van der Waals surface area contributed by atoms with Crippen molar-refractivity contribution in [3.63, 3.8) is 0 Å². The lowest BCUT2D eigenvalue weighted by Crippen LogP contribution is -2.04. The lowest BCUT2D eigenvalue weighted by atomic mass is 10.1. The minimum absolute atomic E-state index is 0.414. The third kappa shape index (κ3) is 3.08. The Kier molecular flexibility index (Phi) is 4.68. The molecular weight excluding hydrogens is 528 g/mol. The van der Waals surface area contributed by atoms with Crippen LogP contribution >= 0.6 is 0 Å². The molecule has 0 N–H and O–H groups in total. The van der Waals surface area contributed by atoms with E-state index in [1.807, 2.05) is 60.7 Å². The molecule has 6 aromatic carbocycles. The van der Waals surface area contributed by atoms with Crippen molar-refractivity contribution in [3.05, 3.63) is 132 Å². The third-order valence-electron chi connectivity index (χ3n) is 8.60. The van der Waals surface area contributed by atoms with E-state index in [4.69, 9.17) is 4.42 Å².